The van der Waals surface area contributed by atoms with Crippen molar-refractivity contribution in [2.24, 2.45) is 16.8 Å². The molecule has 4 heteroatoms. The molecular weight excluding hydrogens is 192 g/mol. The predicted octanol–water partition coefficient (Wildman–Crippen LogP) is 1.69. The van der Waals surface area contributed by atoms with Crippen molar-refractivity contribution in [1.29, 1.82) is 0 Å². The van der Waals surface area contributed by atoms with Gasteiger partial charge in [-0.25, -0.2) is 0 Å². The molecule has 2 N–H and O–H groups in total. The number of nitrogens with zero attached hydrogens (tertiary/aromatic N) is 1. The molecule has 0 aromatic carbocycles. The van der Waals surface area contributed by atoms with Crippen molar-refractivity contribution < 1.29 is 4.79 Å². The fourth-order valence-corrected chi connectivity index (χ4v) is 1.38. The summed E-state index contributed by atoms with van der Waals surface area (Å²) in [5, 5.41) is 2.32. The zero-order valence-electron chi connectivity index (χ0n) is 8.37. The van der Waals surface area contributed by atoms with Gasteiger partial charge in [-0.1, -0.05) is 36.5 Å². The molecule has 0 saturated carbocycles. The van der Waals surface area contributed by atoms with E-state index in [0.29, 0.717) is 6.42 Å². The third kappa shape index (κ3) is 3.99. The van der Waals surface area contributed by atoms with E-state index in [4.69, 9.17) is 5.73 Å². The summed E-state index contributed by atoms with van der Waals surface area (Å²) < 4.78 is 0. The van der Waals surface area contributed by atoms with Crippen LogP contribution in [0.5, 0.6) is 0 Å². The number of nitroso groups, excluding NO2 is 1. The van der Waals surface area contributed by atoms with Gasteiger partial charge in [-0.2, -0.15) is 0 Å². The van der Waals surface area contributed by atoms with E-state index >= 15 is 0 Å². The number of allylic oxidation sites excluding steroid dienone is 6. The zero-order chi connectivity index (χ0) is 11.1. The van der Waals surface area contributed by atoms with Crippen LogP contribution in [-0.4, -0.2) is 11.9 Å². The summed E-state index contributed by atoms with van der Waals surface area (Å²) in [5.41, 5.74) is 5.52. The van der Waals surface area contributed by atoms with Crippen molar-refractivity contribution in [3.63, 3.8) is 0 Å². The molecule has 0 aromatic heterocycles. The van der Waals surface area contributed by atoms with Crippen LogP contribution in [0.2, 0.25) is 0 Å². The molecule has 1 aliphatic carbocycles. The van der Waals surface area contributed by atoms with Crippen LogP contribution in [0.4, 0.5) is 0 Å². The monoisotopic (exact) mass is 206 g/mol. The van der Waals surface area contributed by atoms with E-state index < -0.39 is 11.9 Å². The van der Waals surface area contributed by atoms with Gasteiger partial charge in [0.2, 0.25) is 0 Å². The molecule has 1 aliphatic rings. The lowest BCUT2D eigenvalue weighted by atomic mass is 9.97. The van der Waals surface area contributed by atoms with E-state index in [2.05, 4.69) is 5.18 Å². The maximum absolute atomic E-state index is 10.9. The molecular formula is C11H14N2O2. The molecule has 80 valence electrons. The second-order valence-electron chi connectivity index (χ2n) is 3.41. The third-order valence-corrected chi connectivity index (χ3v) is 2.19. The molecule has 2 unspecified atom stereocenters. The average Bonchev–Trinajstić information content (AvgIpc) is 2.20. The molecule has 15 heavy (non-hydrogen) atoms. The maximum atomic E-state index is 10.9. The Hall–Kier alpha value is -1.55. The zero-order valence-corrected chi connectivity index (χ0v) is 8.37. The normalized spacial score (nSPS) is 23.9. The molecule has 0 bridgehead atoms. The molecule has 0 heterocycles. The minimum atomic E-state index is -0.801. The third-order valence-electron chi connectivity index (χ3n) is 2.19. The first-order valence-corrected chi connectivity index (χ1v) is 4.87. The van der Waals surface area contributed by atoms with Crippen LogP contribution in [0.3, 0.4) is 0 Å². The lowest BCUT2D eigenvalue weighted by molar-refractivity contribution is -0.119. The number of nitrogens with two attached hydrogens (primary N) is 1. The van der Waals surface area contributed by atoms with Crippen molar-refractivity contribution >= 4 is 5.91 Å². The molecule has 0 spiro atoms. The van der Waals surface area contributed by atoms with Crippen LogP contribution in [0, 0.1) is 10.8 Å². The molecule has 4 nitrogen and oxygen atoms in total. The number of carbonyl (C=O) groups excluding carboxylic acids is 1. The minimum Gasteiger partial charge on any atom is -0.320 e. The predicted molar refractivity (Wildman–Crippen MR) is 58.9 cm³/mol. The van der Waals surface area contributed by atoms with E-state index in [9.17, 15) is 9.70 Å². The lowest BCUT2D eigenvalue weighted by Crippen LogP contribution is -2.30. The highest BCUT2D eigenvalue weighted by atomic mass is 16.3. The molecule has 0 aromatic rings. The summed E-state index contributed by atoms with van der Waals surface area (Å²) in [6.07, 6.45) is 13.1. The average molecular weight is 206 g/mol. The highest BCUT2D eigenvalue weighted by molar-refractivity contribution is 5.82. The Morgan fingerprint density at radius 2 is 2.20 bits per heavy atom. The first kappa shape index (κ1) is 11.5. The van der Waals surface area contributed by atoms with Crippen LogP contribution in [0.15, 0.2) is 41.6 Å². The van der Waals surface area contributed by atoms with Gasteiger partial charge in [-0.3, -0.25) is 4.79 Å². The summed E-state index contributed by atoms with van der Waals surface area (Å²) >= 11 is 0. The van der Waals surface area contributed by atoms with Crippen LogP contribution in [0.25, 0.3) is 0 Å². The summed E-state index contributed by atoms with van der Waals surface area (Å²) in [5.74, 6) is -0.690. The number of hydrogen-bond acceptors (Lipinski definition) is 3. The second kappa shape index (κ2) is 6.03. The van der Waals surface area contributed by atoms with Crippen molar-refractivity contribution in [2.75, 3.05) is 0 Å². The Morgan fingerprint density at radius 1 is 1.40 bits per heavy atom. The molecule has 0 saturated heterocycles. The van der Waals surface area contributed by atoms with E-state index in [0.717, 1.165) is 6.42 Å². The van der Waals surface area contributed by atoms with Gasteiger partial charge < -0.3 is 5.73 Å². The molecule has 1 amide bonds. The summed E-state index contributed by atoms with van der Waals surface area (Å²) in [6, 6.07) is -0.801. The van der Waals surface area contributed by atoms with Gasteiger partial charge in [0.25, 0.3) is 0 Å². The van der Waals surface area contributed by atoms with E-state index in [1.165, 1.54) is 0 Å². The standard InChI is InChI=1S/C11H14N2O2/c12-10(11(14)13-15)8-9-6-4-2-1-3-5-7-9/h1-2,4-7,9-10H,3,8,12H2/b2-1-,6-4?,7-5?. The Labute approximate surface area is 88.5 Å². The molecule has 1 rings (SSSR count). The lowest BCUT2D eigenvalue weighted by Gasteiger charge is -2.11. The number of carbonyl (C=O) groups is 1. The Kier molecular flexibility index (Phi) is 4.63. The van der Waals surface area contributed by atoms with Crippen molar-refractivity contribution in [1.82, 2.24) is 0 Å². The van der Waals surface area contributed by atoms with E-state index in [1.54, 1.807) is 0 Å². The van der Waals surface area contributed by atoms with Crippen LogP contribution < -0.4 is 5.73 Å². The van der Waals surface area contributed by atoms with Gasteiger partial charge in [0.05, 0.1) is 6.04 Å². The quantitative estimate of drug-likeness (QED) is 0.564. The topological polar surface area (TPSA) is 72.5 Å². The van der Waals surface area contributed by atoms with Gasteiger partial charge in [0, 0.05) is 5.18 Å². The van der Waals surface area contributed by atoms with Gasteiger partial charge in [0.1, 0.15) is 0 Å². The Bertz CT molecular complexity index is 319. The fraction of sp³-hybridized carbons (Fsp3) is 0.364. The van der Waals surface area contributed by atoms with Crippen molar-refractivity contribution in [3.8, 4) is 0 Å². The van der Waals surface area contributed by atoms with Crippen LogP contribution in [0.1, 0.15) is 12.8 Å². The second-order valence-corrected chi connectivity index (χ2v) is 3.41. The summed E-state index contributed by atoms with van der Waals surface area (Å²) in [4.78, 5) is 20.9. The molecule has 0 fully saturated rings. The largest absolute Gasteiger partial charge is 0.320 e. The Balaban J connectivity index is 2.56. The van der Waals surface area contributed by atoms with E-state index in [-0.39, 0.29) is 5.92 Å². The SMILES string of the molecule is NC(CC1C=C/C=C\CC=C1)C(=O)N=O. The van der Waals surface area contributed by atoms with Gasteiger partial charge in [-0.05, 0) is 18.8 Å². The first-order chi connectivity index (χ1) is 7.24. The molecule has 0 radical (unpaired) electrons. The minimum absolute atomic E-state index is 0.0932. The van der Waals surface area contributed by atoms with Crippen LogP contribution >= 0.6 is 0 Å². The highest BCUT2D eigenvalue weighted by Crippen LogP contribution is 2.13. The number of hydrogen-bond donors (Lipinski definition) is 1. The van der Waals surface area contributed by atoms with Gasteiger partial charge in [-0.15, -0.1) is 4.91 Å². The number of rotatable bonds is 3. The van der Waals surface area contributed by atoms with E-state index in [1.807, 2.05) is 36.5 Å². The molecule has 0 aliphatic heterocycles. The first-order valence-electron chi connectivity index (χ1n) is 4.87. The summed E-state index contributed by atoms with van der Waals surface area (Å²) in [7, 11) is 0. The highest BCUT2D eigenvalue weighted by Gasteiger charge is 2.16. The maximum Gasteiger partial charge on any atom is 0.302 e. The van der Waals surface area contributed by atoms with Crippen LogP contribution in [-0.2, 0) is 4.79 Å². The smallest absolute Gasteiger partial charge is 0.302 e. The van der Waals surface area contributed by atoms with Crippen molar-refractivity contribution in [3.05, 3.63) is 41.4 Å². The molecule has 2 atom stereocenters. The van der Waals surface area contributed by atoms with Gasteiger partial charge >= 0.3 is 5.91 Å². The number of amides is 1. The summed E-state index contributed by atoms with van der Waals surface area (Å²) in [6.45, 7) is 0. The van der Waals surface area contributed by atoms with Gasteiger partial charge in [0.15, 0.2) is 0 Å². The Morgan fingerprint density at radius 3 is 2.93 bits per heavy atom. The van der Waals surface area contributed by atoms with Crippen molar-refractivity contribution in [2.45, 2.75) is 18.9 Å². The fourth-order valence-electron chi connectivity index (χ4n) is 1.38.